The minimum absolute atomic E-state index is 0.00954. The quantitative estimate of drug-likeness (QED) is 0.800. The Labute approximate surface area is 124 Å². The Morgan fingerprint density at radius 1 is 0.905 bits per heavy atom. The Bertz CT molecular complexity index is 654. The van der Waals surface area contributed by atoms with Gasteiger partial charge in [-0.15, -0.1) is 0 Å². The van der Waals surface area contributed by atoms with Crippen molar-refractivity contribution in [1.29, 1.82) is 0 Å². The third-order valence-electron chi connectivity index (χ3n) is 3.08. The molecule has 2 rings (SSSR count). The summed E-state index contributed by atoms with van der Waals surface area (Å²) in [6.07, 6.45) is 1.40. The lowest BCUT2D eigenvalue weighted by Crippen LogP contribution is -2.26. The van der Waals surface area contributed by atoms with Gasteiger partial charge in [-0.2, -0.15) is 0 Å². The second kappa shape index (κ2) is 7.33. The van der Waals surface area contributed by atoms with Crippen molar-refractivity contribution in [2.75, 3.05) is 6.54 Å². The van der Waals surface area contributed by atoms with Crippen LogP contribution in [0.3, 0.4) is 0 Å². The number of aryl methyl sites for hydroxylation is 1. The largest absolute Gasteiger partial charge is 0.215 e. The minimum atomic E-state index is -3.31. The van der Waals surface area contributed by atoms with Gasteiger partial charge in [0.05, 0.1) is 5.75 Å². The molecule has 2 aromatic rings. The molecule has 0 radical (unpaired) electrons. The fraction of sp³-hybridized carbons (Fsp3) is 0.250. The standard InChI is InChI=1S/C16H18FNO2S/c17-16-10-8-14(9-11-16)7-4-12-18-21(19,20)13-15-5-2-1-3-6-15/h1-3,5-6,8-11,18H,4,7,12-13H2. The summed E-state index contributed by atoms with van der Waals surface area (Å²) in [5.74, 6) is -0.271. The number of hydrogen-bond acceptors (Lipinski definition) is 2. The van der Waals surface area contributed by atoms with Gasteiger partial charge in [-0.1, -0.05) is 42.5 Å². The first-order valence-corrected chi connectivity index (χ1v) is 8.46. The zero-order valence-corrected chi connectivity index (χ0v) is 12.4. The van der Waals surface area contributed by atoms with Gasteiger partial charge in [-0.25, -0.2) is 17.5 Å². The predicted octanol–water partition coefficient (Wildman–Crippen LogP) is 2.88. The van der Waals surface area contributed by atoms with Crippen LogP contribution in [0.4, 0.5) is 4.39 Å². The van der Waals surface area contributed by atoms with E-state index in [2.05, 4.69) is 4.72 Å². The van der Waals surface area contributed by atoms with Gasteiger partial charge in [0, 0.05) is 6.54 Å². The Hall–Kier alpha value is -1.72. The zero-order valence-electron chi connectivity index (χ0n) is 11.6. The van der Waals surface area contributed by atoms with E-state index >= 15 is 0 Å². The summed E-state index contributed by atoms with van der Waals surface area (Å²) in [5.41, 5.74) is 1.77. The Morgan fingerprint density at radius 2 is 1.57 bits per heavy atom. The van der Waals surface area contributed by atoms with Gasteiger partial charge in [0.25, 0.3) is 0 Å². The molecule has 0 aliphatic rings. The molecule has 0 bridgehead atoms. The smallest absolute Gasteiger partial charge is 0.215 e. The van der Waals surface area contributed by atoms with Gasteiger partial charge < -0.3 is 0 Å². The number of halogens is 1. The lowest BCUT2D eigenvalue weighted by molar-refractivity contribution is 0.578. The van der Waals surface area contributed by atoms with Crippen LogP contribution in [0.1, 0.15) is 17.5 Å². The highest BCUT2D eigenvalue weighted by atomic mass is 32.2. The van der Waals surface area contributed by atoms with Crippen LogP contribution in [0.2, 0.25) is 0 Å². The lowest BCUT2D eigenvalue weighted by atomic mass is 10.1. The third kappa shape index (κ3) is 5.65. The van der Waals surface area contributed by atoms with Crippen LogP contribution in [-0.4, -0.2) is 15.0 Å². The summed E-state index contributed by atoms with van der Waals surface area (Å²) in [6.45, 7) is 0.381. The van der Waals surface area contributed by atoms with Crippen molar-refractivity contribution in [3.05, 3.63) is 71.5 Å². The van der Waals surface area contributed by atoms with Gasteiger partial charge >= 0.3 is 0 Å². The maximum absolute atomic E-state index is 12.7. The van der Waals surface area contributed by atoms with Gasteiger partial charge in [0.2, 0.25) is 10.0 Å². The van der Waals surface area contributed by atoms with E-state index in [1.807, 2.05) is 18.2 Å². The number of benzene rings is 2. The van der Waals surface area contributed by atoms with E-state index in [0.717, 1.165) is 11.1 Å². The zero-order chi connectivity index (χ0) is 15.1. The van der Waals surface area contributed by atoms with E-state index in [9.17, 15) is 12.8 Å². The molecule has 3 nitrogen and oxygen atoms in total. The molecule has 5 heteroatoms. The molecule has 0 amide bonds. The average Bonchev–Trinajstić information content (AvgIpc) is 2.46. The van der Waals surface area contributed by atoms with Crippen LogP contribution in [0.5, 0.6) is 0 Å². The molecule has 0 aliphatic heterocycles. The van der Waals surface area contributed by atoms with Crippen molar-refractivity contribution in [3.8, 4) is 0 Å². The molecule has 21 heavy (non-hydrogen) atoms. The van der Waals surface area contributed by atoms with Crippen molar-refractivity contribution >= 4 is 10.0 Å². The highest BCUT2D eigenvalue weighted by Gasteiger charge is 2.10. The number of sulfonamides is 1. The molecule has 0 unspecified atom stereocenters. The summed E-state index contributed by atoms with van der Waals surface area (Å²) in [7, 11) is -3.31. The summed E-state index contributed by atoms with van der Waals surface area (Å²) in [4.78, 5) is 0. The van der Waals surface area contributed by atoms with E-state index in [1.165, 1.54) is 12.1 Å². The third-order valence-corrected chi connectivity index (χ3v) is 4.43. The van der Waals surface area contributed by atoms with Crippen molar-refractivity contribution < 1.29 is 12.8 Å². The summed E-state index contributed by atoms with van der Waals surface area (Å²) < 4.78 is 39.1. The van der Waals surface area contributed by atoms with Gasteiger partial charge in [0.1, 0.15) is 5.82 Å². The fourth-order valence-corrected chi connectivity index (χ4v) is 3.20. The molecular weight excluding hydrogens is 289 g/mol. The normalized spacial score (nSPS) is 11.5. The molecule has 2 aromatic carbocycles. The van der Waals surface area contributed by atoms with Crippen molar-refractivity contribution in [2.45, 2.75) is 18.6 Å². The Balaban J connectivity index is 1.76. The topological polar surface area (TPSA) is 46.2 Å². The fourth-order valence-electron chi connectivity index (χ4n) is 2.02. The van der Waals surface area contributed by atoms with E-state index < -0.39 is 10.0 Å². The molecule has 0 aromatic heterocycles. The molecule has 112 valence electrons. The monoisotopic (exact) mass is 307 g/mol. The number of nitrogens with one attached hydrogen (secondary N) is 1. The second-order valence-electron chi connectivity index (χ2n) is 4.87. The van der Waals surface area contributed by atoms with E-state index in [-0.39, 0.29) is 11.6 Å². The van der Waals surface area contributed by atoms with Gasteiger partial charge in [-0.3, -0.25) is 0 Å². The summed E-state index contributed by atoms with van der Waals surface area (Å²) in [5, 5.41) is 0. The maximum atomic E-state index is 12.7. The highest BCUT2D eigenvalue weighted by Crippen LogP contribution is 2.06. The molecule has 1 N–H and O–H groups in total. The van der Waals surface area contributed by atoms with E-state index in [1.54, 1.807) is 24.3 Å². The molecule has 0 saturated carbocycles. The molecule has 0 spiro atoms. The number of hydrogen-bond donors (Lipinski definition) is 1. The van der Waals surface area contributed by atoms with Crippen LogP contribution in [0.25, 0.3) is 0 Å². The first kappa shape index (κ1) is 15.7. The molecule has 0 aliphatic carbocycles. The molecule has 0 heterocycles. The van der Waals surface area contributed by atoms with Crippen molar-refractivity contribution in [1.82, 2.24) is 4.72 Å². The van der Waals surface area contributed by atoms with Crippen molar-refractivity contribution in [2.24, 2.45) is 0 Å². The SMILES string of the molecule is O=S(=O)(Cc1ccccc1)NCCCc1ccc(F)cc1. The first-order chi connectivity index (χ1) is 10.1. The molecule has 0 atom stereocenters. The average molecular weight is 307 g/mol. The minimum Gasteiger partial charge on any atom is -0.215 e. The first-order valence-electron chi connectivity index (χ1n) is 6.81. The van der Waals surface area contributed by atoms with Crippen LogP contribution in [0, 0.1) is 5.82 Å². The Kier molecular flexibility index (Phi) is 5.47. The summed E-state index contributed by atoms with van der Waals surface area (Å²) in [6, 6.07) is 15.3. The van der Waals surface area contributed by atoms with Crippen LogP contribution in [0.15, 0.2) is 54.6 Å². The molecule has 0 fully saturated rings. The molecular formula is C16H18FNO2S. The number of rotatable bonds is 7. The van der Waals surface area contributed by atoms with Crippen molar-refractivity contribution in [3.63, 3.8) is 0 Å². The maximum Gasteiger partial charge on any atom is 0.215 e. The van der Waals surface area contributed by atoms with E-state index in [0.29, 0.717) is 19.4 Å². The van der Waals surface area contributed by atoms with Gasteiger partial charge in [0.15, 0.2) is 0 Å². The van der Waals surface area contributed by atoms with Crippen LogP contribution in [-0.2, 0) is 22.2 Å². The summed E-state index contributed by atoms with van der Waals surface area (Å²) >= 11 is 0. The highest BCUT2D eigenvalue weighted by molar-refractivity contribution is 7.88. The lowest BCUT2D eigenvalue weighted by Gasteiger charge is -2.07. The predicted molar refractivity (Wildman–Crippen MR) is 81.8 cm³/mol. The Morgan fingerprint density at radius 3 is 2.24 bits per heavy atom. The van der Waals surface area contributed by atoms with Crippen LogP contribution < -0.4 is 4.72 Å². The van der Waals surface area contributed by atoms with E-state index in [4.69, 9.17) is 0 Å². The second-order valence-corrected chi connectivity index (χ2v) is 6.68. The molecule has 0 saturated heterocycles. The van der Waals surface area contributed by atoms with Gasteiger partial charge in [-0.05, 0) is 36.1 Å². The van der Waals surface area contributed by atoms with Crippen LogP contribution >= 0.6 is 0 Å².